The SMILES string of the molecule is C=NCCN(CCC)C(=O)CO. The number of hydrogen-bond donors (Lipinski definition) is 1. The van der Waals surface area contributed by atoms with Crippen molar-refractivity contribution in [3.05, 3.63) is 0 Å². The van der Waals surface area contributed by atoms with E-state index in [4.69, 9.17) is 5.11 Å². The van der Waals surface area contributed by atoms with Gasteiger partial charge in [-0.3, -0.25) is 9.79 Å². The van der Waals surface area contributed by atoms with Gasteiger partial charge in [0.15, 0.2) is 0 Å². The number of amides is 1. The topological polar surface area (TPSA) is 52.9 Å². The number of aliphatic hydroxyl groups is 1. The molecule has 0 saturated heterocycles. The highest BCUT2D eigenvalue weighted by atomic mass is 16.3. The second-order valence-corrected chi connectivity index (χ2v) is 2.49. The third kappa shape index (κ3) is 4.08. The molecule has 4 heteroatoms. The van der Waals surface area contributed by atoms with E-state index in [1.165, 1.54) is 0 Å². The first-order chi connectivity index (χ1) is 5.76. The zero-order valence-electron chi connectivity index (χ0n) is 7.49. The third-order valence-corrected chi connectivity index (χ3v) is 1.51. The summed E-state index contributed by atoms with van der Waals surface area (Å²) in [5.41, 5.74) is 0. The predicted octanol–water partition coefficient (Wildman–Crippen LogP) is -0.0821. The maximum absolute atomic E-state index is 11.0. The van der Waals surface area contributed by atoms with Crippen molar-refractivity contribution in [1.29, 1.82) is 0 Å². The first kappa shape index (κ1) is 11.1. The average Bonchev–Trinajstić information content (AvgIpc) is 2.11. The summed E-state index contributed by atoms with van der Waals surface area (Å²) in [4.78, 5) is 16.3. The summed E-state index contributed by atoms with van der Waals surface area (Å²) >= 11 is 0. The molecule has 0 fully saturated rings. The number of carbonyl (C=O) groups is 1. The first-order valence-electron chi connectivity index (χ1n) is 4.07. The molecule has 0 rings (SSSR count). The van der Waals surface area contributed by atoms with Crippen LogP contribution in [0.4, 0.5) is 0 Å². The van der Waals surface area contributed by atoms with Gasteiger partial charge in [-0.05, 0) is 13.1 Å². The van der Waals surface area contributed by atoms with E-state index in [1.54, 1.807) is 4.90 Å². The molecule has 4 nitrogen and oxygen atoms in total. The van der Waals surface area contributed by atoms with E-state index in [0.717, 1.165) is 6.42 Å². The molecular weight excluding hydrogens is 156 g/mol. The Morgan fingerprint density at radius 1 is 1.58 bits per heavy atom. The van der Waals surface area contributed by atoms with Gasteiger partial charge in [0, 0.05) is 13.1 Å². The molecule has 0 aromatic heterocycles. The van der Waals surface area contributed by atoms with Crippen molar-refractivity contribution in [2.75, 3.05) is 26.2 Å². The number of rotatable bonds is 6. The van der Waals surface area contributed by atoms with Gasteiger partial charge in [0.25, 0.3) is 0 Å². The summed E-state index contributed by atoms with van der Waals surface area (Å²) in [5, 5.41) is 8.59. The smallest absolute Gasteiger partial charge is 0.248 e. The molecule has 70 valence electrons. The lowest BCUT2D eigenvalue weighted by atomic mass is 10.4. The molecule has 1 N–H and O–H groups in total. The van der Waals surface area contributed by atoms with Crippen molar-refractivity contribution in [2.24, 2.45) is 4.99 Å². The van der Waals surface area contributed by atoms with Crippen LogP contribution in [0.25, 0.3) is 0 Å². The summed E-state index contributed by atoms with van der Waals surface area (Å²) in [6.07, 6.45) is 0.892. The van der Waals surface area contributed by atoms with Gasteiger partial charge >= 0.3 is 0 Å². The van der Waals surface area contributed by atoms with Gasteiger partial charge in [-0.15, -0.1) is 0 Å². The van der Waals surface area contributed by atoms with Gasteiger partial charge in [-0.25, -0.2) is 0 Å². The van der Waals surface area contributed by atoms with E-state index in [1.807, 2.05) is 6.92 Å². The Morgan fingerprint density at radius 2 is 2.25 bits per heavy atom. The van der Waals surface area contributed by atoms with E-state index >= 15 is 0 Å². The first-order valence-corrected chi connectivity index (χ1v) is 4.07. The van der Waals surface area contributed by atoms with Crippen molar-refractivity contribution >= 4 is 12.6 Å². The van der Waals surface area contributed by atoms with Crippen molar-refractivity contribution in [1.82, 2.24) is 4.90 Å². The van der Waals surface area contributed by atoms with Gasteiger partial charge in [0.1, 0.15) is 6.61 Å². The summed E-state index contributed by atoms with van der Waals surface area (Å²) in [5.74, 6) is -0.236. The number of nitrogens with zero attached hydrogens (tertiary/aromatic N) is 2. The van der Waals surface area contributed by atoms with Gasteiger partial charge in [-0.2, -0.15) is 0 Å². The standard InChI is InChI=1S/C8H16N2O2/c1-3-5-10(6-4-9-2)8(12)7-11/h11H,2-7H2,1H3. The van der Waals surface area contributed by atoms with Crippen LogP contribution in [0.3, 0.4) is 0 Å². The molecule has 0 radical (unpaired) electrons. The number of hydrogen-bond acceptors (Lipinski definition) is 3. The molecule has 0 atom stereocenters. The monoisotopic (exact) mass is 172 g/mol. The predicted molar refractivity (Wildman–Crippen MR) is 48.4 cm³/mol. The zero-order valence-corrected chi connectivity index (χ0v) is 7.49. The molecule has 0 unspecified atom stereocenters. The lowest BCUT2D eigenvalue weighted by molar-refractivity contribution is -0.134. The third-order valence-electron chi connectivity index (χ3n) is 1.51. The van der Waals surface area contributed by atoms with Crippen molar-refractivity contribution in [2.45, 2.75) is 13.3 Å². The summed E-state index contributed by atoms with van der Waals surface area (Å²) in [7, 11) is 0. The highest BCUT2D eigenvalue weighted by molar-refractivity contribution is 5.77. The Labute approximate surface area is 72.9 Å². The van der Waals surface area contributed by atoms with Crippen molar-refractivity contribution < 1.29 is 9.90 Å². The van der Waals surface area contributed by atoms with Crippen LogP contribution in [-0.4, -0.2) is 48.9 Å². The van der Waals surface area contributed by atoms with Crippen LogP contribution in [-0.2, 0) is 4.79 Å². The molecular formula is C8H16N2O2. The normalized spacial score (nSPS) is 9.50. The summed E-state index contributed by atoms with van der Waals surface area (Å²) < 4.78 is 0. The van der Waals surface area contributed by atoms with E-state index in [0.29, 0.717) is 19.6 Å². The van der Waals surface area contributed by atoms with Crippen LogP contribution in [0.15, 0.2) is 4.99 Å². The van der Waals surface area contributed by atoms with Gasteiger partial charge in [0.05, 0.1) is 6.54 Å². The average molecular weight is 172 g/mol. The Morgan fingerprint density at radius 3 is 2.67 bits per heavy atom. The Balaban J connectivity index is 3.84. The van der Waals surface area contributed by atoms with Crippen LogP contribution in [0, 0.1) is 0 Å². The Bertz CT molecular complexity index is 148. The lowest BCUT2D eigenvalue weighted by Gasteiger charge is -2.19. The molecule has 0 aliphatic heterocycles. The fraction of sp³-hybridized carbons (Fsp3) is 0.750. The number of carbonyl (C=O) groups excluding carboxylic acids is 1. The van der Waals surface area contributed by atoms with Gasteiger partial charge < -0.3 is 10.0 Å². The molecule has 0 aromatic rings. The fourth-order valence-electron chi connectivity index (χ4n) is 0.923. The van der Waals surface area contributed by atoms with Crippen LogP contribution in [0.2, 0.25) is 0 Å². The quantitative estimate of drug-likeness (QED) is 0.570. The van der Waals surface area contributed by atoms with Crippen molar-refractivity contribution in [3.8, 4) is 0 Å². The molecule has 0 aliphatic carbocycles. The highest BCUT2D eigenvalue weighted by Crippen LogP contribution is 1.92. The molecule has 1 amide bonds. The van der Waals surface area contributed by atoms with Crippen LogP contribution in [0.5, 0.6) is 0 Å². The summed E-state index contributed by atoms with van der Waals surface area (Å²) in [6.45, 7) is 6.65. The molecule has 0 spiro atoms. The molecule has 0 heterocycles. The second-order valence-electron chi connectivity index (χ2n) is 2.49. The van der Waals surface area contributed by atoms with E-state index in [9.17, 15) is 4.79 Å². The van der Waals surface area contributed by atoms with Gasteiger partial charge in [-0.1, -0.05) is 6.92 Å². The Hall–Kier alpha value is -0.900. The lowest BCUT2D eigenvalue weighted by Crippen LogP contribution is -2.35. The van der Waals surface area contributed by atoms with Crippen molar-refractivity contribution in [3.63, 3.8) is 0 Å². The maximum Gasteiger partial charge on any atom is 0.248 e. The minimum Gasteiger partial charge on any atom is -0.387 e. The van der Waals surface area contributed by atoms with E-state index in [-0.39, 0.29) is 5.91 Å². The number of aliphatic hydroxyl groups excluding tert-OH is 1. The summed E-state index contributed by atoms with van der Waals surface area (Å²) in [6, 6.07) is 0. The molecule has 0 bridgehead atoms. The second kappa shape index (κ2) is 6.79. The minimum atomic E-state index is -0.420. The zero-order chi connectivity index (χ0) is 9.40. The van der Waals surface area contributed by atoms with Crippen LogP contribution in [0.1, 0.15) is 13.3 Å². The van der Waals surface area contributed by atoms with Crippen LogP contribution >= 0.6 is 0 Å². The highest BCUT2D eigenvalue weighted by Gasteiger charge is 2.09. The largest absolute Gasteiger partial charge is 0.387 e. The molecule has 12 heavy (non-hydrogen) atoms. The molecule has 0 aliphatic rings. The van der Waals surface area contributed by atoms with E-state index < -0.39 is 6.61 Å². The molecule has 0 aromatic carbocycles. The Kier molecular flexibility index (Phi) is 6.28. The van der Waals surface area contributed by atoms with Crippen LogP contribution < -0.4 is 0 Å². The number of aliphatic imine (C=N–C) groups is 1. The van der Waals surface area contributed by atoms with Gasteiger partial charge in [0.2, 0.25) is 5.91 Å². The minimum absolute atomic E-state index is 0.236. The fourth-order valence-corrected chi connectivity index (χ4v) is 0.923. The van der Waals surface area contributed by atoms with E-state index in [2.05, 4.69) is 11.7 Å². The maximum atomic E-state index is 11.0. The molecule has 0 saturated carbocycles.